The van der Waals surface area contributed by atoms with Crippen molar-refractivity contribution in [2.24, 2.45) is 0 Å². The van der Waals surface area contributed by atoms with E-state index >= 15 is 0 Å². The van der Waals surface area contributed by atoms with Crippen molar-refractivity contribution in [3.63, 3.8) is 0 Å². The number of aromatic nitrogens is 3. The molecule has 4 nitrogen and oxygen atoms in total. The Bertz CT molecular complexity index is 3470. The number of para-hydroxylation sites is 1. The van der Waals surface area contributed by atoms with Crippen molar-refractivity contribution < 1.29 is 4.74 Å². The number of ether oxygens (including phenoxy) is 1. The van der Waals surface area contributed by atoms with E-state index < -0.39 is 5.41 Å². The second-order valence-electron chi connectivity index (χ2n) is 16.1. The molecular formula is C57H35N3O. The molecule has 1 spiro atoms. The van der Waals surface area contributed by atoms with Crippen molar-refractivity contribution >= 4 is 32.6 Å². The van der Waals surface area contributed by atoms with Crippen LogP contribution in [0.2, 0.25) is 0 Å². The molecule has 2 aromatic heterocycles. The number of nitrogens with zero attached hydrogens (tertiary/aromatic N) is 3. The highest BCUT2D eigenvalue weighted by Gasteiger charge is 2.51. The van der Waals surface area contributed by atoms with Gasteiger partial charge in [0.2, 0.25) is 0 Å². The highest BCUT2D eigenvalue weighted by molar-refractivity contribution is 6.22. The van der Waals surface area contributed by atoms with Gasteiger partial charge in [-0.1, -0.05) is 170 Å². The van der Waals surface area contributed by atoms with Gasteiger partial charge in [0.25, 0.3) is 0 Å². The predicted octanol–water partition coefficient (Wildman–Crippen LogP) is 14.2. The number of fused-ring (bicyclic) bond motifs is 14. The summed E-state index contributed by atoms with van der Waals surface area (Å²) in [5.41, 5.74) is 14.9. The third-order valence-electron chi connectivity index (χ3n) is 12.9. The van der Waals surface area contributed by atoms with Crippen LogP contribution in [-0.4, -0.2) is 14.5 Å². The minimum absolute atomic E-state index is 0.565. The Balaban J connectivity index is 1.09. The van der Waals surface area contributed by atoms with E-state index in [9.17, 15) is 0 Å². The van der Waals surface area contributed by atoms with Crippen molar-refractivity contribution in [2.45, 2.75) is 5.41 Å². The van der Waals surface area contributed by atoms with Crippen LogP contribution in [0.15, 0.2) is 212 Å². The van der Waals surface area contributed by atoms with Crippen molar-refractivity contribution in [3.05, 3.63) is 235 Å². The zero-order valence-electron chi connectivity index (χ0n) is 33.0. The molecule has 9 aromatic carbocycles. The van der Waals surface area contributed by atoms with E-state index in [0.29, 0.717) is 5.82 Å². The Morgan fingerprint density at radius 2 is 1.02 bits per heavy atom. The van der Waals surface area contributed by atoms with E-state index in [1.165, 1.54) is 43.8 Å². The standard InChI is InChI=1S/C57H35N3O/c1-3-17-37(18-4-1)49-34-50(59-56(58-49)38-19-5-2-6-20-38)39-21-15-22-40(32-39)60-51-31-30-36-16-7-8-23-41(36)55(51)44-33-48-54(35-52(44)60)61-53-29-14-13-28-47(53)57(48)45-26-11-9-24-42(45)43-25-10-12-27-46(43)57/h1-35H. The first kappa shape index (κ1) is 33.8. The van der Waals surface area contributed by atoms with Crippen molar-refractivity contribution in [3.8, 4) is 62.2 Å². The fraction of sp³-hybridized carbons (Fsp3) is 0.0175. The van der Waals surface area contributed by atoms with Gasteiger partial charge in [-0.3, -0.25) is 0 Å². The van der Waals surface area contributed by atoms with Gasteiger partial charge >= 0.3 is 0 Å². The lowest BCUT2D eigenvalue weighted by Crippen LogP contribution is -2.32. The molecule has 11 aromatic rings. The molecule has 0 radical (unpaired) electrons. The average molecular weight is 778 g/mol. The summed E-state index contributed by atoms with van der Waals surface area (Å²) in [7, 11) is 0. The van der Waals surface area contributed by atoms with Crippen LogP contribution in [0.5, 0.6) is 11.5 Å². The van der Waals surface area contributed by atoms with Gasteiger partial charge in [-0.05, 0) is 69.4 Å². The van der Waals surface area contributed by atoms with Gasteiger partial charge in [-0.25, -0.2) is 9.97 Å². The van der Waals surface area contributed by atoms with Gasteiger partial charge in [0.05, 0.1) is 27.8 Å². The lowest BCUT2D eigenvalue weighted by Gasteiger charge is -2.39. The summed E-state index contributed by atoms with van der Waals surface area (Å²) in [6, 6.07) is 75.9. The Kier molecular flexibility index (Phi) is 7.19. The highest BCUT2D eigenvalue weighted by Crippen LogP contribution is 2.62. The predicted molar refractivity (Wildman–Crippen MR) is 248 cm³/mol. The molecule has 0 saturated heterocycles. The molecule has 4 heteroatoms. The molecule has 1 aliphatic heterocycles. The summed E-state index contributed by atoms with van der Waals surface area (Å²) < 4.78 is 9.46. The number of hydrogen-bond acceptors (Lipinski definition) is 3. The summed E-state index contributed by atoms with van der Waals surface area (Å²) in [4.78, 5) is 10.3. The highest BCUT2D eigenvalue weighted by atomic mass is 16.5. The average Bonchev–Trinajstić information content (AvgIpc) is 3.82. The Morgan fingerprint density at radius 1 is 0.393 bits per heavy atom. The van der Waals surface area contributed by atoms with Crippen LogP contribution >= 0.6 is 0 Å². The van der Waals surface area contributed by atoms with Gasteiger partial charge < -0.3 is 9.30 Å². The van der Waals surface area contributed by atoms with Crippen LogP contribution in [0, 0.1) is 0 Å². The van der Waals surface area contributed by atoms with Gasteiger partial charge in [-0.15, -0.1) is 0 Å². The summed E-state index contributed by atoms with van der Waals surface area (Å²) in [6.45, 7) is 0. The molecule has 0 saturated carbocycles. The van der Waals surface area contributed by atoms with Gasteiger partial charge in [0.15, 0.2) is 5.82 Å². The van der Waals surface area contributed by atoms with Crippen molar-refractivity contribution in [2.75, 3.05) is 0 Å². The van der Waals surface area contributed by atoms with Crippen LogP contribution in [0.25, 0.3) is 83.3 Å². The zero-order valence-corrected chi connectivity index (χ0v) is 33.0. The van der Waals surface area contributed by atoms with E-state index in [2.05, 4.69) is 193 Å². The van der Waals surface area contributed by atoms with Crippen LogP contribution in [-0.2, 0) is 5.41 Å². The Labute approximate surface area is 352 Å². The Hall–Kier alpha value is -8.08. The minimum atomic E-state index is -0.565. The first-order valence-corrected chi connectivity index (χ1v) is 20.8. The van der Waals surface area contributed by atoms with Crippen LogP contribution in [0.3, 0.4) is 0 Å². The molecule has 0 fully saturated rings. The van der Waals surface area contributed by atoms with Crippen LogP contribution in [0.4, 0.5) is 0 Å². The van der Waals surface area contributed by atoms with E-state index in [0.717, 1.165) is 67.4 Å². The molecule has 0 bridgehead atoms. The molecule has 0 atom stereocenters. The number of hydrogen-bond donors (Lipinski definition) is 0. The molecule has 0 N–H and O–H groups in total. The molecule has 2 aliphatic rings. The fourth-order valence-corrected chi connectivity index (χ4v) is 10.3. The van der Waals surface area contributed by atoms with Gasteiger partial charge in [-0.2, -0.15) is 0 Å². The molecular weight excluding hydrogens is 743 g/mol. The summed E-state index contributed by atoms with van der Waals surface area (Å²) in [5, 5.41) is 4.82. The first-order valence-electron chi connectivity index (χ1n) is 20.8. The number of benzene rings is 9. The number of rotatable bonds is 4. The first-order chi connectivity index (χ1) is 30.2. The topological polar surface area (TPSA) is 39.9 Å². The molecule has 3 heterocycles. The maximum atomic E-state index is 7.05. The van der Waals surface area contributed by atoms with E-state index in [4.69, 9.17) is 14.7 Å². The summed E-state index contributed by atoms with van der Waals surface area (Å²) in [5.74, 6) is 2.43. The van der Waals surface area contributed by atoms with Gasteiger partial charge in [0, 0.05) is 50.3 Å². The van der Waals surface area contributed by atoms with Crippen molar-refractivity contribution in [1.82, 2.24) is 14.5 Å². The van der Waals surface area contributed by atoms with Crippen LogP contribution in [0.1, 0.15) is 22.3 Å². The normalized spacial score (nSPS) is 13.2. The Morgan fingerprint density at radius 3 is 1.79 bits per heavy atom. The minimum Gasteiger partial charge on any atom is -0.457 e. The maximum Gasteiger partial charge on any atom is 0.160 e. The third-order valence-corrected chi connectivity index (χ3v) is 12.9. The lowest BCUT2D eigenvalue weighted by molar-refractivity contribution is 0.437. The molecule has 0 amide bonds. The lowest BCUT2D eigenvalue weighted by atomic mass is 9.66. The van der Waals surface area contributed by atoms with E-state index in [1.54, 1.807) is 0 Å². The molecule has 61 heavy (non-hydrogen) atoms. The monoisotopic (exact) mass is 777 g/mol. The smallest absolute Gasteiger partial charge is 0.160 e. The molecule has 13 rings (SSSR count). The maximum absolute atomic E-state index is 7.05. The molecule has 284 valence electrons. The zero-order chi connectivity index (χ0) is 40.1. The second kappa shape index (κ2) is 13.0. The SMILES string of the molecule is c1ccc(-c2cc(-c3cccc(-n4c5cc6c(cc5c5c7ccccc7ccc54)C4(c5ccccc5O6)c5ccccc5-c5ccccc54)c3)nc(-c3ccccc3)n2)cc1. The quantitative estimate of drug-likeness (QED) is 0.179. The fourth-order valence-electron chi connectivity index (χ4n) is 10.3. The van der Waals surface area contributed by atoms with E-state index in [-0.39, 0.29) is 0 Å². The molecule has 0 unspecified atom stereocenters. The van der Waals surface area contributed by atoms with E-state index in [1.807, 2.05) is 24.3 Å². The second-order valence-corrected chi connectivity index (χ2v) is 16.1. The summed E-state index contributed by atoms with van der Waals surface area (Å²) >= 11 is 0. The van der Waals surface area contributed by atoms with Crippen LogP contribution < -0.4 is 4.74 Å². The third kappa shape index (κ3) is 4.87. The largest absolute Gasteiger partial charge is 0.457 e. The van der Waals surface area contributed by atoms with Gasteiger partial charge in [0.1, 0.15) is 11.5 Å². The molecule has 1 aliphatic carbocycles. The van der Waals surface area contributed by atoms with Crippen molar-refractivity contribution in [1.29, 1.82) is 0 Å². The summed E-state index contributed by atoms with van der Waals surface area (Å²) in [6.07, 6.45) is 0.